The Balaban J connectivity index is 2.09. The number of hydrogen-bond acceptors (Lipinski definition) is 3. The fourth-order valence-corrected chi connectivity index (χ4v) is 2.79. The Bertz CT molecular complexity index is 900. The minimum absolute atomic E-state index is 0.0903. The van der Waals surface area contributed by atoms with Crippen LogP contribution in [0.15, 0.2) is 35.1 Å². The van der Waals surface area contributed by atoms with Crippen molar-refractivity contribution in [1.29, 1.82) is 0 Å². The summed E-state index contributed by atoms with van der Waals surface area (Å²) in [6, 6.07) is 9.39. The summed E-state index contributed by atoms with van der Waals surface area (Å²) in [5, 5.41) is 5.48. The van der Waals surface area contributed by atoms with E-state index in [4.69, 9.17) is 0 Å². The second-order valence-corrected chi connectivity index (χ2v) is 6.78. The maximum atomic E-state index is 12.6. The molecule has 1 aromatic heterocycles. The number of aryl methyl sites for hydroxylation is 3. The molecule has 0 spiro atoms. The number of anilines is 1. The molecule has 0 aliphatic heterocycles. The Kier molecular flexibility index (Phi) is 6.93. The Morgan fingerprint density at radius 3 is 2.48 bits per heavy atom. The van der Waals surface area contributed by atoms with Crippen LogP contribution >= 0.6 is 0 Å². The van der Waals surface area contributed by atoms with Crippen LogP contribution in [0.1, 0.15) is 42.1 Å². The Labute approximate surface area is 159 Å². The van der Waals surface area contributed by atoms with E-state index in [9.17, 15) is 14.4 Å². The molecule has 2 aromatic rings. The van der Waals surface area contributed by atoms with E-state index in [-0.39, 0.29) is 29.6 Å². The van der Waals surface area contributed by atoms with Gasteiger partial charge in [-0.15, -0.1) is 0 Å². The summed E-state index contributed by atoms with van der Waals surface area (Å²) in [6.45, 7) is 7.98. The van der Waals surface area contributed by atoms with Crippen molar-refractivity contribution in [3.8, 4) is 0 Å². The van der Waals surface area contributed by atoms with Crippen molar-refractivity contribution in [1.82, 2.24) is 9.88 Å². The third-order valence-corrected chi connectivity index (χ3v) is 4.43. The van der Waals surface area contributed by atoms with E-state index < -0.39 is 0 Å². The molecule has 1 aromatic carbocycles. The third kappa shape index (κ3) is 5.54. The second kappa shape index (κ2) is 9.16. The molecule has 6 heteroatoms. The van der Waals surface area contributed by atoms with E-state index in [0.717, 1.165) is 16.7 Å². The second-order valence-electron chi connectivity index (χ2n) is 6.78. The first-order valence-corrected chi connectivity index (χ1v) is 9.15. The summed E-state index contributed by atoms with van der Waals surface area (Å²) < 4.78 is 1.37. The summed E-state index contributed by atoms with van der Waals surface area (Å²) >= 11 is 0. The molecule has 0 bridgehead atoms. The number of rotatable bonds is 7. The van der Waals surface area contributed by atoms with E-state index >= 15 is 0 Å². The van der Waals surface area contributed by atoms with E-state index in [1.807, 2.05) is 39.0 Å². The molecular formula is C21H27N3O3. The highest BCUT2D eigenvalue weighted by Gasteiger charge is 2.12. The summed E-state index contributed by atoms with van der Waals surface area (Å²) in [7, 11) is 0. The molecule has 0 fully saturated rings. The maximum absolute atomic E-state index is 12.6. The molecule has 6 nitrogen and oxygen atoms in total. The molecule has 0 unspecified atom stereocenters. The van der Waals surface area contributed by atoms with Gasteiger partial charge in [-0.3, -0.25) is 14.4 Å². The molecule has 0 aliphatic carbocycles. The van der Waals surface area contributed by atoms with Gasteiger partial charge in [0.15, 0.2) is 0 Å². The van der Waals surface area contributed by atoms with Crippen LogP contribution in [0.2, 0.25) is 0 Å². The summed E-state index contributed by atoms with van der Waals surface area (Å²) in [5.74, 6) is -0.456. The lowest BCUT2D eigenvalue weighted by Crippen LogP contribution is -2.34. The maximum Gasteiger partial charge on any atom is 0.274 e. The summed E-state index contributed by atoms with van der Waals surface area (Å²) in [6.07, 6.45) is 1.05. The molecule has 0 atom stereocenters. The average Bonchev–Trinajstić information content (AvgIpc) is 2.62. The number of hydrogen-bond donors (Lipinski definition) is 2. The van der Waals surface area contributed by atoms with Gasteiger partial charge < -0.3 is 15.2 Å². The van der Waals surface area contributed by atoms with Gasteiger partial charge in [-0.05, 0) is 50.5 Å². The summed E-state index contributed by atoms with van der Waals surface area (Å²) in [5.41, 5.74) is 3.77. The Morgan fingerprint density at radius 2 is 1.78 bits per heavy atom. The van der Waals surface area contributed by atoms with Crippen LogP contribution in [-0.4, -0.2) is 16.4 Å². The highest BCUT2D eigenvalue weighted by Crippen LogP contribution is 2.10. The Hall–Kier alpha value is -2.89. The van der Waals surface area contributed by atoms with Crippen molar-refractivity contribution >= 4 is 17.5 Å². The van der Waals surface area contributed by atoms with Crippen LogP contribution in [0, 0.1) is 20.8 Å². The topological polar surface area (TPSA) is 80.2 Å². The molecule has 2 amide bonds. The molecule has 1 heterocycles. The largest absolute Gasteiger partial charge is 0.350 e. The molecule has 2 N–H and O–H groups in total. The molecule has 0 radical (unpaired) electrons. The quantitative estimate of drug-likeness (QED) is 0.787. The molecule has 2 rings (SSSR count). The first-order valence-electron chi connectivity index (χ1n) is 9.15. The van der Waals surface area contributed by atoms with Crippen molar-refractivity contribution in [2.75, 3.05) is 5.32 Å². The van der Waals surface area contributed by atoms with Gasteiger partial charge in [0.2, 0.25) is 11.8 Å². The van der Waals surface area contributed by atoms with Gasteiger partial charge in [-0.1, -0.05) is 30.7 Å². The number of carbonyl (C=O) groups is 2. The zero-order valence-electron chi connectivity index (χ0n) is 16.4. The first-order chi connectivity index (χ1) is 12.8. The highest BCUT2D eigenvalue weighted by molar-refractivity contribution is 5.90. The van der Waals surface area contributed by atoms with Crippen molar-refractivity contribution in [2.24, 2.45) is 0 Å². The van der Waals surface area contributed by atoms with Gasteiger partial charge in [0.1, 0.15) is 12.2 Å². The zero-order chi connectivity index (χ0) is 20.0. The number of pyridine rings is 1. The van der Waals surface area contributed by atoms with E-state index in [1.54, 1.807) is 19.1 Å². The van der Waals surface area contributed by atoms with Gasteiger partial charge >= 0.3 is 0 Å². The summed E-state index contributed by atoms with van der Waals surface area (Å²) in [4.78, 5) is 36.7. The first kappa shape index (κ1) is 20.4. The number of benzene rings is 1. The van der Waals surface area contributed by atoms with E-state index in [0.29, 0.717) is 25.1 Å². The van der Waals surface area contributed by atoms with Crippen molar-refractivity contribution in [3.05, 3.63) is 63.1 Å². The SMILES string of the molecule is CCCC(=O)Nc1ccc(C)n(CC(=O)NCc2cc(C)ccc2C)c1=O. The predicted molar refractivity (Wildman–Crippen MR) is 107 cm³/mol. The zero-order valence-corrected chi connectivity index (χ0v) is 16.4. The van der Waals surface area contributed by atoms with Crippen LogP contribution < -0.4 is 16.2 Å². The highest BCUT2D eigenvalue weighted by atomic mass is 16.2. The number of carbonyl (C=O) groups excluding carboxylic acids is 2. The van der Waals surface area contributed by atoms with Crippen molar-refractivity contribution < 1.29 is 9.59 Å². The molecule has 27 heavy (non-hydrogen) atoms. The molecule has 144 valence electrons. The average molecular weight is 369 g/mol. The number of amides is 2. The van der Waals surface area contributed by atoms with Crippen molar-refractivity contribution in [2.45, 2.75) is 53.6 Å². The van der Waals surface area contributed by atoms with Crippen LogP contribution in [0.3, 0.4) is 0 Å². The van der Waals surface area contributed by atoms with Gasteiger partial charge in [0.25, 0.3) is 5.56 Å². The smallest absolute Gasteiger partial charge is 0.274 e. The lowest BCUT2D eigenvalue weighted by molar-refractivity contribution is -0.122. The normalized spacial score (nSPS) is 10.5. The van der Waals surface area contributed by atoms with E-state index in [1.165, 1.54) is 4.57 Å². The monoisotopic (exact) mass is 369 g/mol. The van der Waals surface area contributed by atoms with Crippen LogP contribution in [0.5, 0.6) is 0 Å². The number of nitrogens with zero attached hydrogens (tertiary/aromatic N) is 1. The fourth-order valence-electron chi connectivity index (χ4n) is 2.79. The molecule has 0 saturated carbocycles. The predicted octanol–water partition coefficient (Wildman–Crippen LogP) is 2.83. The standard InChI is InChI=1S/C21H27N3O3/c1-5-6-19(25)23-18-10-9-16(4)24(21(18)27)13-20(26)22-12-17-11-14(2)7-8-15(17)3/h7-11H,5-6,12-13H2,1-4H3,(H,22,26)(H,23,25). The molecule has 0 aliphatic rings. The van der Waals surface area contributed by atoms with Gasteiger partial charge in [-0.2, -0.15) is 0 Å². The van der Waals surface area contributed by atoms with Crippen molar-refractivity contribution in [3.63, 3.8) is 0 Å². The van der Waals surface area contributed by atoms with Crippen LogP contribution in [-0.2, 0) is 22.7 Å². The van der Waals surface area contributed by atoms with Gasteiger partial charge in [0, 0.05) is 18.7 Å². The van der Waals surface area contributed by atoms with Crippen LogP contribution in [0.4, 0.5) is 5.69 Å². The fraction of sp³-hybridized carbons (Fsp3) is 0.381. The minimum Gasteiger partial charge on any atom is -0.350 e. The van der Waals surface area contributed by atoms with Gasteiger partial charge in [0.05, 0.1) is 0 Å². The Morgan fingerprint density at radius 1 is 1.04 bits per heavy atom. The van der Waals surface area contributed by atoms with E-state index in [2.05, 4.69) is 10.6 Å². The van der Waals surface area contributed by atoms with Gasteiger partial charge in [-0.25, -0.2) is 0 Å². The number of nitrogens with one attached hydrogen (secondary N) is 2. The third-order valence-electron chi connectivity index (χ3n) is 4.43. The minimum atomic E-state index is -0.374. The molecule has 0 saturated heterocycles. The lowest BCUT2D eigenvalue weighted by Gasteiger charge is -2.13. The van der Waals surface area contributed by atoms with Crippen LogP contribution in [0.25, 0.3) is 0 Å². The molecular weight excluding hydrogens is 342 g/mol. The lowest BCUT2D eigenvalue weighted by atomic mass is 10.1. The number of aromatic nitrogens is 1.